The molecule has 0 saturated carbocycles. The highest BCUT2D eigenvalue weighted by atomic mass is 79.9. The van der Waals surface area contributed by atoms with Crippen LogP contribution in [-0.4, -0.2) is 10.9 Å². The molecule has 1 amide bonds. The summed E-state index contributed by atoms with van der Waals surface area (Å²) >= 11 is 3.56. The number of carbonyl (C=O) groups is 1. The maximum atomic E-state index is 12.5. The van der Waals surface area contributed by atoms with Crippen molar-refractivity contribution in [2.45, 2.75) is 13.3 Å². The third-order valence-electron chi connectivity index (χ3n) is 4.95. The molecular formula is C24H17BrN2O3. The maximum absolute atomic E-state index is 12.5. The van der Waals surface area contributed by atoms with Gasteiger partial charge in [0.25, 0.3) is 5.91 Å². The third-order valence-corrected chi connectivity index (χ3v) is 5.54. The summed E-state index contributed by atoms with van der Waals surface area (Å²) in [6.07, 6.45) is 0.927. The van der Waals surface area contributed by atoms with Crippen molar-refractivity contribution in [2.75, 3.05) is 5.32 Å². The lowest BCUT2D eigenvalue weighted by Gasteiger charge is -2.03. The SMILES string of the molecule is CCc1cc(Br)c2oc(-c3ccc(NC(=O)c4cc5ccccc5o4)cc3)nc2c1. The van der Waals surface area contributed by atoms with Crippen molar-refractivity contribution in [2.24, 2.45) is 0 Å². The van der Waals surface area contributed by atoms with Crippen molar-refractivity contribution in [3.63, 3.8) is 0 Å². The molecule has 0 radical (unpaired) electrons. The zero-order valence-electron chi connectivity index (χ0n) is 16.1. The molecule has 148 valence electrons. The molecule has 3 aromatic carbocycles. The zero-order chi connectivity index (χ0) is 20.7. The highest BCUT2D eigenvalue weighted by molar-refractivity contribution is 9.10. The Balaban J connectivity index is 1.38. The van der Waals surface area contributed by atoms with Gasteiger partial charge in [-0.05, 0) is 76.4 Å². The van der Waals surface area contributed by atoms with Crippen LogP contribution in [0.2, 0.25) is 0 Å². The molecule has 5 nitrogen and oxygen atoms in total. The van der Waals surface area contributed by atoms with Gasteiger partial charge in [0.05, 0.1) is 4.47 Å². The molecule has 1 N–H and O–H groups in total. The largest absolute Gasteiger partial charge is 0.451 e. The maximum Gasteiger partial charge on any atom is 0.291 e. The molecule has 0 aliphatic heterocycles. The first-order chi connectivity index (χ1) is 14.6. The van der Waals surface area contributed by atoms with Gasteiger partial charge in [-0.3, -0.25) is 4.79 Å². The van der Waals surface area contributed by atoms with Gasteiger partial charge in [0.15, 0.2) is 11.3 Å². The Morgan fingerprint density at radius 1 is 1.03 bits per heavy atom. The van der Waals surface area contributed by atoms with E-state index in [0.717, 1.165) is 32.9 Å². The Hall–Kier alpha value is -3.38. The van der Waals surface area contributed by atoms with Crippen LogP contribution in [-0.2, 0) is 6.42 Å². The molecule has 0 aliphatic rings. The second kappa shape index (κ2) is 7.46. The minimum absolute atomic E-state index is 0.274. The van der Waals surface area contributed by atoms with E-state index < -0.39 is 0 Å². The molecule has 30 heavy (non-hydrogen) atoms. The number of hydrogen-bond donors (Lipinski definition) is 1. The van der Waals surface area contributed by atoms with E-state index in [9.17, 15) is 4.79 Å². The standard InChI is InChI=1S/C24H17BrN2O3/c1-2-14-11-18(25)22-19(12-14)27-24(30-22)15-7-9-17(10-8-15)26-23(28)21-13-16-5-3-4-6-20(16)29-21/h3-13H,2H2,1H3,(H,26,28). The molecule has 5 rings (SSSR count). The van der Waals surface area contributed by atoms with Crippen LogP contribution in [0.5, 0.6) is 0 Å². The summed E-state index contributed by atoms with van der Waals surface area (Å²) in [5, 5.41) is 3.75. The lowest BCUT2D eigenvalue weighted by atomic mass is 10.1. The molecule has 6 heteroatoms. The number of amides is 1. The van der Waals surface area contributed by atoms with E-state index in [2.05, 4.69) is 33.2 Å². The van der Waals surface area contributed by atoms with Gasteiger partial charge < -0.3 is 14.2 Å². The van der Waals surface area contributed by atoms with Gasteiger partial charge in [0.2, 0.25) is 5.89 Å². The number of rotatable bonds is 4. The Morgan fingerprint density at radius 2 is 1.83 bits per heavy atom. The minimum Gasteiger partial charge on any atom is -0.451 e. The molecule has 0 bridgehead atoms. The van der Waals surface area contributed by atoms with Gasteiger partial charge >= 0.3 is 0 Å². The Labute approximate surface area is 180 Å². The van der Waals surface area contributed by atoms with Gasteiger partial charge in [0, 0.05) is 16.6 Å². The average molecular weight is 461 g/mol. The molecule has 0 atom stereocenters. The van der Waals surface area contributed by atoms with E-state index in [-0.39, 0.29) is 11.7 Å². The topological polar surface area (TPSA) is 68.3 Å². The van der Waals surface area contributed by atoms with Crippen LogP contribution >= 0.6 is 15.9 Å². The number of aryl methyl sites for hydroxylation is 1. The Kier molecular flexibility index (Phi) is 4.64. The van der Waals surface area contributed by atoms with Crippen molar-refractivity contribution in [1.82, 2.24) is 4.98 Å². The van der Waals surface area contributed by atoms with Crippen LogP contribution < -0.4 is 5.32 Å². The molecule has 2 heterocycles. The first kappa shape index (κ1) is 18.6. The van der Waals surface area contributed by atoms with Crippen molar-refractivity contribution < 1.29 is 13.6 Å². The van der Waals surface area contributed by atoms with Crippen LogP contribution in [0, 0.1) is 0 Å². The summed E-state index contributed by atoms with van der Waals surface area (Å²) in [7, 11) is 0. The molecular weight excluding hydrogens is 444 g/mol. The molecule has 0 fully saturated rings. The number of anilines is 1. The van der Waals surface area contributed by atoms with Crippen LogP contribution in [0.25, 0.3) is 33.5 Å². The summed E-state index contributed by atoms with van der Waals surface area (Å²) < 4.78 is 12.5. The van der Waals surface area contributed by atoms with Crippen molar-refractivity contribution in [1.29, 1.82) is 0 Å². The van der Waals surface area contributed by atoms with Gasteiger partial charge in [-0.2, -0.15) is 0 Å². The summed E-state index contributed by atoms with van der Waals surface area (Å²) in [5.74, 6) is 0.516. The van der Waals surface area contributed by atoms with Crippen LogP contribution in [0.4, 0.5) is 5.69 Å². The number of fused-ring (bicyclic) bond motifs is 2. The summed E-state index contributed by atoms with van der Waals surface area (Å²) in [6, 6.07) is 20.7. The molecule has 0 aliphatic carbocycles. The predicted molar refractivity (Wildman–Crippen MR) is 121 cm³/mol. The highest BCUT2D eigenvalue weighted by Crippen LogP contribution is 2.31. The molecule has 2 aromatic heterocycles. The number of carbonyl (C=O) groups excluding carboxylic acids is 1. The highest BCUT2D eigenvalue weighted by Gasteiger charge is 2.14. The van der Waals surface area contributed by atoms with E-state index in [1.807, 2.05) is 60.7 Å². The normalized spacial score (nSPS) is 11.3. The van der Waals surface area contributed by atoms with Gasteiger partial charge in [0.1, 0.15) is 11.1 Å². The van der Waals surface area contributed by atoms with Crippen molar-refractivity contribution in [3.05, 3.63) is 82.5 Å². The average Bonchev–Trinajstić information content (AvgIpc) is 3.39. The summed E-state index contributed by atoms with van der Waals surface area (Å²) in [6.45, 7) is 2.10. The fourth-order valence-electron chi connectivity index (χ4n) is 3.36. The first-order valence-corrected chi connectivity index (χ1v) is 10.4. The number of halogens is 1. The monoisotopic (exact) mass is 460 g/mol. The zero-order valence-corrected chi connectivity index (χ0v) is 17.7. The van der Waals surface area contributed by atoms with E-state index in [0.29, 0.717) is 17.2 Å². The first-order valence-electron chi connectivity index (χ1n) is 9.60. The third kappa shape index (κ3) is 3.39. The second-order valence-electron chi connectivity index (χ2n) is 6.98. The fourth-order valence-corrected chi connectivity index (χ4v) is 3.93. The summed E-state index contributed by atoms with van der Waals surface area (Å²) in [4.78, 5) is 17.1. The molecule has 0 saturated heterocycles. The van der Waals surface area contributed by atoms with E-state index in [1.165, 1.54) is 5.56 Å². The number of furan rings is 1. The number of oxazole rings is 1. The molecule has 0 unspecified atom stereocenters. The number of para-hydroxylation sites is 1. The quantitative estimate of drug-likeness (QED) is 0.319. The fraction of sp³-hybridized carbons (Fsp3) is 0.0833. The number of aromatic nitrogens is 1. The van der Waals surface area contributed by atoms with Crippen LogP contribution in [0.15, 0.2) is 80.0 Å². The lowest BCUT2D eigenvalue weighted by molar-refractivity contribution is 0.0998. The van der Waals surface area contributed by atoms with Gasteiger partial charge in [-0.25, -0.2) is 4.98 Å². The second-order valence-corrected chi connectivity index (χ2v) is 7.83. The minimum atomic E-state index is -0.295. The van der Waals surface area contributed by atoms with E-state index in [4.69, 9.17) is 8.83 Å². The van der Waals surface area contributed by atoms with Crippen LogP contribution in [0.3, 0.4) is 0 Å². The van der Waals surface area contributed by atoms with Crippen molar-refractivity contribution in [3.8, 4) is 11.5 Å². The van der Waals surface area contributed by atoms with Crippen LogP contribution in [0.1, 0.15) is 23.0 Å². The lowest BCUT2D eigenvalue weighted by Crippen LogP contribution is -2.10. The molecule has 5 aromatic rings. The number of nitrogens with one attached hydrogen (secondary N) is 1. The Bertz CT molecular complexity index is 1350. The van der Waals surface area contributed by atoms with Crippen molar-refractivity contribution >= 4 is 49.6 Å². The number of benzene rings is 3. The Morgan fingerprint density at radius 3 is 2.60 bits per heavy atom. The molecule has 0 spiro atoms. The smallest absolute Gasteiger partial charge is 0.291 e. The van der Waals surface area contributed by atoms with E-state index >= 15 is 0 Å². The van der Waals surface area contributed by atoms with Gasteiger partial charge in [-0.15, -0.1) is 0 Å². The van der Waals surface area contributed by atoms with E-state index in [1.54, 1.807) is 6.07 Å². The number of hydrogen-bond acceptors (Lipinski definition) is 4. The summed E-state index contributed by atoms with van der Waals surface area (Å²) in [5.41, 5.74) is 4.92. The predicted octanol–water partition coefficient (Wildman–Crippen LogP) is 6.82. The number of nitrogens with zero attached hydrogens (tertiary/aromatic N) is 1. The van der Waals surface area contributed by atoms with Gasteiger partial charge in [-0.1, -0.05) is 25.1 Å².